The molecule has 2 rings (SSSR count). The second-order valence-electron chi connectivity index (χ2n) is 4.34. The monoisotopic (exact) mass is 233 g/mol. The number of likely N-dealkylation sites (N-methyl/N-ethyl adjacent to an activating group) is 1. The van der Waals surface area contributed by atoms with Gasteiger partial charge in [0.05, 0.1) is 5.69 Å². The summed E-state index contributed by atoms with van der Waals surface area (Å²) in [4.78, 5) is 25.2. The van der Waals surface area contributed by atoms with Crippen LogP contribution < -0.4 is 10.4 Å². The number of carbonyl (C=O) groups excluding carboxylic acids is 2. The average molecular weight is 233 g/mol. The number of nitrogens with one attached hydrogen (secondary N) is 1. The Bertz CT molecular complexity index is 453. The molecule has 0 spiro atoms. The lowest BCUT2D eigenvalue weighted by Crippen LogP contribution is -2.45. The van der Waals surface area contributed by atoms with Crippen LogP contribution in [0.3, 0.4) is 0 Å². The van der Waals surface area contributed by atoms with E-state index < -0.39 is 17.9 Å². The molecule has 1 fully saturated rings. The van der Waals surface area contributed by atoms with Crippen molar-refractivity contribution in [2.75, 3.05) is 19.1 Å². The van der Waals surface area contributed by atoms with Crippen LogP contribution in [-0.2, 0) is 9.59 Å². The maximum atomic E-state index is 11.8. The number of amides is 1. The molecule has 0 aromatic heterocycles. The molecule has 90 valence electrons. The smallest absolute Gasteiger partial charge is 0.286 e. The SMILES string of the molecule is Cc1ccc(N2NC(N(C)C)C(=O)C2=O)cc1. The standard InChI is InChI=1S/C12H15N3O2/c1-8-4-6-9(7-5-8)15-12(17)10(16)11(13-15)14(2)3/h4-7,11,13H,1-3H3. The van der Waals surface area contributed by atoms with E-state index in [2.05, 4.69) is 5.43 Å². The maximum absolute atomic E-state index is 11.8. The second-order valence-corrected chi connectivity index (χ2v) is 4.34. The lowest BCUT2D eigenvalue weighted by molar-refractivity contribution is -0.135. The third-order valence-corrected chi connectivity index (χ3v) is 2.72. The molecule has 1 unspecified atom stereocenters. The molecule has 1 amide bonds. The Morgan fingerprint density at radius 3 is 2.24 bits per heavy atom. The molecule has 1 N–H and O–H groups in total. The quantitative estimate of drug-likeness (QED) is 0.747. The Labute approximate surface area is 100.0 Å². The zero-order valence-corrected chi connectivity index (χ0v) is 10.1. The molecule has 0 radical (unpaired) electrons. The molecule has 5 nitrogen and oxygen atoms in total. The molecule has 0 aliphatic carbocycles. The van der Waals surface area contributed by atoms with E-state index in [0.29, 0.717) is 5.69 Å². The number of anilines is 1. The second kappa shape index (κ2) is 4.27. The Hall–Kier alpha value is -1.72. The summed E-state index contributed by atoms with van der Waals surface area (Å²) in [6, 6.07) is 7.42. The Kier molecular flexibility index (Phi) is 2.95. The van der Waals surface area contributed by atoms with Crippen LogP contribution in [0.2, 0.25) is 0 Å². The van der Waals surface area contributed by atoms with Gasteiger partial charge in [-0.05, 0) is 33.2 Å². The van der Waals surface area contributed by atoms with Gasteiger partial charge in [0.1, 0.15) is 6.17 Å². The van der Waals surface area contributed by atoms with Crippen molar-refractivity contribution in [3.63, 3.8) is 0 Å². The minimum Gasteiger partial charge on any atom is -0.286 e. The molecular weight excluding hydrogens is 218 g/mol. The van der Waals surface area contributed by atoms with Gasteiger partial charge in [-0.25, -0.2) is 10.4 Å². The number of benzene rings is 1. The lowest BCUT2D eigenvalue weighted by atomic mass is 10.2. The highest BCUT2D eigenvalue weighted by Gasteiger charge is 2.40. The Morgan fingerprint density at radius 1 is 1.18 bits per heavy atom. The highest BCUT2D eigenvalue weighted by Crippen LogP contribution is 2.18. The largest absolute Gasteiger partial charge is 0.312 e. The molecule has 1 heterocycles. The lowest BCUT2D eigenvalue weighted by Gasteiger charge is -2.20. The van der Waals surface area contributed by atoms with E-state index in [1.165, 1.54) is 5.01 Å². The maximum Gasteiger partial charge on any atom is 0.312 e. The number of Topliss-reactive ketones (excluding diaryl/α,β-unsaturated/α-hetero) is 1. The first-order valence-electron chi connectivity index (χ1n) is 5.38. The van der Waals surface area contributed by atoms with Crippen LogP contribution in [0.4, 0.5) is 5.69 Å². The predicted molar refractivity (Wildman–Crippen MR) is 64.3 cm³/mol. The van der Waals surface area contributed by atoms with Gasteiger partial charge < -0.3 is 0 Å². The minimum atomic E-state index is -0.580. The number of hydrogen-bond acceptors (Lipinski definition) is 4. The first-order chi connectivity index (χ1) is 8.00. The number of aryl methyl sites for hydroxylation is 1. The first-order valence-corrected chi connectivity index (χ1v) is 5.38. The van der Waals surface area contributed by atoms with Crippen LogP contribution in [0, 0.1) is 6.92 Å². The summed E-state index contributed by atoms with van der Waals surface area (Å²) >= 11 is 0. The molecule has 5 heteroatoms. The van der Waals surface area contributed by atoms with E-state index in [4.69, 9.17) is 0 Å². The molecule has 1 aromatic carbocycles. The van der Waals surface area contributed by atoms with Gasteiger partial charge in [0.25, 0.3) is 5.78 Å². The average Bonchev–Trinajstić information content (AvgIpc) is 2.58. The molecule has 1 atom stereocenters. The summed E-state index contributed by atoms with van der Waals surface area (Å²) in [6.45, 7) is 1.97. The summed E-state index contributed by atoms with van der Waals surface area (Å²) in [5.41, 5.74) is 4.67. The summed E-state index contributed by atoms with van der Waals surface area (Å²) in [5.74, 6) is -0.955. The van der Waals surface area contributed by atoms with Crippen LogP contribution in [0.25, 0.3) is 0 Å². The topological polar surface area (TPSA) is 52.6 Å². The van der Waals surface area contributed by atoms with Gasteiger partial charge in [-0.2, -0.15) is 0 Å². The van der Waals surface area contributed by atoms with Crippen molar-refractivity contribution in [1.82, 2.24) is 10.3 Å². The van der Waals surface area contributed by atoms with Gasteiger partial charge >= 0.3 is 5.91 Å². The molecule has 1 saturated heterocycles. The highest BCUT2D eigenvalue weighted by molar-refractivity contribution is 6.44. The zero-order valence-electron chi connectivity index (χ0n) is 10.1. The highest BCUT2D eigenvalue weighted by atomic mass is 16.2. The summed E-state index contributed by atoms with van der Waals surface area (Å²) in [6.07, 6.45) is -0.580. The molecule has 17 heavy (non-hydrogen) atoms. The van der Waals surface area contributed by atoms with Crippen LogP contribution in [-0.4, -0.2) is 36.9 Å². The van der Waals surface area contributed by atoms with E-state index in [-0.39, 0.29) is 0 Å². The van der Waals surface area contributed by atoms with Crippen molar-refractivity contribution in [2.45, 2.75) is 13.1 Å². The number of nitrogens with zero attached hydrogens (tertiary/aromatic N) is 2. The van der Waals surface area contributed by atoms with Crippen molar-refractivity contribution >= 4 is 17.4 Å². The van der Waals surface area contributed by atoms with Crippen LogP contribution >= 0.6 is 0 Å². The van der Waals surface area contributed by atoms with Gasteiger partial charge in [-0.1, -0.05) is 17.7 Å². The molecule has 1 aliphatic heterocycles. The third-order valence-electron chi connectivity index (χ3n) is 2.72. The van der Waals surface area contributed by atoms with Gasteiger partial charge in [0.2, 0.25) is 0 Å². The van der Waals surface area contributed by atoms with Crippen molar-refractivity contribution < 1.29 is 9.59 Å². The number of rotatable bonds is 2. The molecule has 1 aliphatic rings. The summed E-state index contributed by atoms with van der Waals surface area (Å²) < 4.78 is 0. The molecular formula is C12H15N3O2. The zero-order chi connectivity index (χ0) is 12.6. The van der Waals surface area contributed by atoms with E-state index in [0.717, 1.165) is 5.56 Å². The fourth-order valence-corrected chi connectivity index (χ4v) is 1.70. The van der Waals surface area contributed by atoms with Crippen LogP contribution in [0.5, 0.6) is 0 Å². The Balaban J connectivity index is 2.26. The number of hydrogen-bond donors (Lipinski definition) is 1. The van der Waals surface area contributed by atoms with Gasteiger partial charge in [0, 0.05) is 0 Å². The van der Waals surface area contributed by atoms with Crippen molar-refractivity contribution in [3.05, 3.63) is 29.8 Å². The van der Waals surface area contributed by atoms with Crippen LogP contribution in [0.1, 0.15) is 5.56 Å². The fourth-order valence-electron chi connectivity index (χ4n) is 1.70. The van der Waals surface area contributed by atoms with E-state index in [9.17, 15) is 9.59 Å². The van der Waals surface area contributed by atoms with E-state index in [1.807, 2.05) is 31.2 Å². The van der Waals surface area contributed by atoms with Crippen molar-refractivity contribution in [3.8, 4) is 0 Å². The van der Waals surface area contributed by atoms with E-state index in [1.54, 1.807) is 19.0 Å². The summed E-state index contributed by atoms with van der Waals surface area (Å²) in [5, 5.41) is 1.30. The molecule has 0 bridgehead atoms. The number of carbonyl (C=O) groups is 2. The fraction of sp³-hybridized carbons (Fsp3) is 0.333. The predicted octanol–water partition coefficient (Wildman–Crippen LogP) is 0.303. The molecule has 0 saturated carbocycles. The van der Waals surface area contributed by atoms with Crippen molar-refractivity contribution in [2.24, 2.45) is 0 Å². The summed E-state index contributed by atoms with van der Waals surface area (Å²) in [7, 11) is 3.50. The van der Waals surface area contributed by atoms with Crippen LogP contribution in [0.15, 0.2) is 24.3 Å². The van der Waals surface area contributed by atoms with Gasteiger partial charge in [-0.3, -0.25) is 14.5 Å². The number of hydrazine groups is 1. The van der Waals surface area contributed by atoms with Gasteiger partial charge in [-0.15, -0.1) is 0 Å². The minimum absolute atomic E-state index is 0.435. The first kappa shape index (κ1) is 11.8. The van der Waals surface area contributed by atoms with E-state index >= 15 is 0 Å². The van der Waals surface area contributed by atoms with Crippen molar-refractivity contribution in [1.29, 1.82) is 0 Å². The number of ketones is 1. The third kappa shape index (κ3) is 2.07. The normalized spacial score (nSPS) is 20.5. The Morgan fingerprint density at radius 2 is 1.76 bits per heavy atom. The van der Waals surface area contributed by atoms with Gasteiger partial charge in [0.15, 0.2) is 0 Å². The molecule has 1 aromatic rings.